The number of hydrogen-bond acceptors (Lipinski definition) is 2. The molecule has 2 heteroatoms. The Morgan fingerprint density at radius 3 is 2.64 bits per heavy atom. The highest BCUT2D eigenvalue weighted by atomic mass is 14.8. The summed E-state index contributed by atoms with van der Waals surface area (Å²) in [6.45, 7) is 4.15. The maximum atomic E-state index is 4.48. The predicted octanol–water partition coefficient (Wildman–Crippen LogP) is 2.89. The number of aromatic nitrogens is 1. The Morgan fingerprint density at radius 1 is 1.14 bits per heavy atom. The minimum Gasteiger partial charge on any atom is -0.388 e. The van der Waals surface area contributed by atoms with E-state index in [4.69, 9.17) is 0 Å². The normalized spacial score (nSPS) is 10.5. The molecule has 2 nitrogen and oxygen atoms in total. The van der Waals surface area contributed by atoms with E-state index in [1.807, 2.05) is 20.0 Å². The van der Waals surface area contributed by atoms with Gasteiger partial charge in [0.05, 0.1) is 5.52 Å². The van der Waals surface area contributed by atoms with Gasteiger partial charge in [0.15, 0.2) is 0 Å². The lowest BCUT2D eigenvalue weighted by atomic mass is 10.1. The van der Waals surface area contributed by atoms with E-state index in [2.05, 4.69) is 35.4 Å². The van der Waals surface area contributed by atoms with Crippen molar-refractivity contribution in [1.29, 1.82) is 0 Å². The molecule has 0 bridgehead atoms. The Balaban J connectivity index is 2.75. The third-order valence-electron chi connectivity index (χ3n) is 2.43. The van der Waals surface area contributed by atoms with Crippen LogP contribution < -0.4 is 5.32 Å². The van der Waals surface area contributed by atoms with E-state index >= 15 is 0 Å². The van der Waals surface area contributed by atoms with Crippen LogP contribution in [-0.2, 0) is 0 Å². The third-order valence-corrected chi connectivity index (χ3v) is 2.43. The number of fused-ring (bicyclic) bond motifs is 1. The van der Waals surface area contributed by atoms with Crippen LogP contribution in [0.1, 0.15) is 11.3 Å². The molecule has 14 heavy (non-hydrogen) atoms. The molecule has 0 fully saturated rings. The molecule has 1 N–H and O–H groups in total. The van der Waals surface area contributed by atoms with E-state index in [0.717, 1.165) is 16.9 Å². The zero-order chi connectivity index (χ0) is 10.1. The van der Waals surface area contributed by atoms with E-state index < -0.39 is 0 Å². The molecule has 0 aliphatic carbocycles. The molecule has 0 saturated heterocycles. The molecule has 0 aliphatic rings. The molecule has 72 valence electrons. The van der Waals surface area contributed by atoms with Crippen LogP contribution in [0, 0.1) is 13.8 Å². The van der Waals surface area contributed by atoms with Crippen molar-refractivity contribution in [2.24, 2.45) is 0 Å². The zero-order valence-electron chi connectivity index (χ0n) is 8.76. The first-order valence-electron chi connectivity index (χ1n) is 4.76. The standard InChI is InChI=1S/C12H14N2/c1-8-6-9(2)14-12-5-4-10(13-3)7-11(8)12/h4-7,13H,1-3H3. The molecule has 1 heterocycles. The Kier molecular flexibility index (Phi) is 2.12. The molecule has 0 radical (unpaired) electrons. The van der Waals surface area contributed by atoms with Crippen molar-refractivity contribution in [2.45, 2.75) is 13.8 Å². The first kappa shape index (κ1) is 9.00. The van der Waals surface area contributed by atoms with E-state index in [-0.39, 0.29) is 0 Å². The summed E-state index contributed by atoms with van der Waals surface area (Å²) in [6, 6.07) is 8.36. The van der Waals surface area contributed by atoms with Crippen LogP contribution in [0.4, 0.5) is 5.69 Å². The van der Waals surface area contributed by atoms with Crippen molar-refractivity contribution in [3.63, 3.8) is 0 Å². The monoisotopic (exact) mass is 186 g/mol. The first-order chi connectivity index (χ1) is 6.70. The molecule has 0 spiro atoms. The van der Waals surface area contributed by atoms with Gasteiger partial charge in [-0.25, -0.2) is 0 Å². The van der Waals surface area contributed by atoms with Crippen molar-refractivity contribution in [3.05, 3.63) is 35.5 Å². The molecule has 1 aromatic carbocycles. The van der Waals surface area contributed by atoms with Gasteiger partial charge in [0.1, 0.15) is 0 Å². The van der Waals surface area contributed by atoms with Crippen LogP contribution in [-0.4, -0.2) is 12.0 Å². The molecule has 0 amide bonds. The van der Waals surface area contributed by atoms with Gasteiger partial charge in [-0.3, -0.25) is 4.98 Å². The summed E-state index contributed by atoms with van der Waals surface area (Å²) in [6.07, 6.45) is 0. The van der Waals surface area contributed by atoms with Gasteiger partial charge in [-0.05, 0) is 43.7 Å². The second-order valence-electron chi connectivity index (χ2n) is 3.56. The molecule has 1 aromatic heterocycles. The van der Waals surface area contributed by atoms with Crippen molar-refractivity contribution >= 4 is 16.6 Å². The van der Waals surface area contributed by atoms with Gasteiger partial charge >= 0.3 is 0 Å². The van der Waals surface area contributed by atoms with Crippen molar-refractivity contribution in [3.8, 4) is 0 Å². The van der Waals surface area contributed by atoms with E-state index in [9.17, 15) is 0 Å². The SMILES string of the molecule is CNc1ccc2nc(C)cc(C)c2c1. The van der Waals surface area contributed by atoms with Gasteiger partial charge in [-0.2, -0.15) is 0 Å². The van der Waals surface area contributed by atoms with Crippen LogP contribution in [0.3, 0.4) is 0 Å². The largest absolute Gasteiger partial charge is 0.388 e. The summed E-state index contributed by atoms with van der Waals surface area (Å²) >= 11 is 0. The highest BCUT2D eigenvalue weighted by Gasteiger charge is 2.00. The number of aryl methyl sites for hydroxylation is 2. The highest BCUT2D eigenvalue weighted by Crippen LogP contribution is 2.21. The Labute approximate surface area is 84.0 Å². The van der Waals surface area contributed by atoms with Crippen LogP contribution in [0.2, 0.25) is 0 Å². The quantitative estimate of drug-likeness (QED) is 0.740. The number of nitrogens with one attached hydrogen (secondary N) is 1. The predicted molar refractivity (Wildman–Crippen MR) is 60.8 cm³/mol. The Hall–Kier alpha value is -1.57. The Bertz CT molecular complexity index is 475. The maximum absolute atomic E-state index is 4.48. The van der Waals surface area contributed by atoms with E-state index in [1.165, 1.54) is 10.9 Å². The molecular weight excluding hydrogens is 172 g/mol. The number of rotatable bonds is 1. The minimum atomic E-state index is 1.07. The molecule has 2 rings (SSSR count). The lowest BCUT2D eigenvalue weighted by Gasteiger charge is -2.06. The van der Waals surface area contributed by atoms with E-state index in [1.54, 1.807) is 0 Å². The van der Waals surface area contributed by atoms with E-state index in [0.29, 0.717) is 0 Å². The van der Waals surface area contributed by atoms with Gasteiger partial charge in [0.25, 0.3) is 0 Å². The summed E-state index contributed by atoms with van der Waals surface area (Å²) in [7, 11) is 1.93. The number of hydrogen-bond donors (Lipinski definition) is 1. The molecule has 2 aromatic rings. The summed E-state index contributed by atoms with van der Waals surface area (Å²) in [5.41, 5.74) is 4.56. The summed E-state index contributed by atoms with van der Waals surface area (Å²) in [5.74, 6) is 0. The van der Waals surface area contributed by atoms with Crippen LogP contribution in [0.25, 0.3) is 10.9 Å². The number of anilines is 1. The first-order valence-corrected chi connectivity index (χ1v) is 4.76. The zero-order valence-corrected chi connectivity index (χ0v) is 8.76. The average Bonchev–Trinajstić information content (AvgIpc) is 2.17. The highest BCUT2D eigenvalue weighted by molar-refractivity contribution is 5.85. The topological polar surface area (TPSA) is 24.9 Å². The van der Waals surface area contributed by atoms with Gasteiger partial charge in [-0.15, -0.1) is 0 Å². The lowest BCUT2D eigenvalue weighted by Crippen LogP contribution is -1.91. The summed E-state index contributed by atoms with van der Waals surface area (Å²) in [5, 5.41) is 4.36. The van der Waals surface area contributed by atoms with Crippen LogP contribution in [0.15, 0.2) is 24.3 Å². The average molecular weight is 186 g/mol. The van der Waals surface area contributed by atoms with Crippen molar-refractivity contribution < 1.29 is 0 Å². The van der Waals surface area contributed by atoms with Crippen LogP contribution in [0.5, 0.6) is 0 Å². The minimum absolute atomic E-state index is 1.07. The fourth-order valence-electron chi connectivity index (χ4n) is 1.72. The van der Waals surface area contributed by atoms with Gasteiger partial charge in [0, 0.05) is 23.8 Å². The molecular formula is C12H14N2. The number of benzene rings is 1. The van der Waals surface area contributed by atoms with Gasteiger partial charge in [0.2, 0.25) is 0 Å². The second kappa shape index (κ2) is 3.29. The lowest BCUT2D eigenvalue weighted by molar-refractivity contribution is 1.23. The smallest absolute Gasteiger partial charge is 0.0709 e. The second-order valence-corrected chi connectivity index (χ2v) is 3.56. The van der Waals surface area contributed by atoms with Gasteiger partial charge in [-0.1, -0.05) is 0 Å². The molecule has 0 saturated carbocycles. The van der Waals surface area contributed by atoms with Gasteiger partial charge < -0.3 is 5.32 Å². The molecule has 0 unspecified atom stereocenters. The Morgan fingerprint density at radius 2 is 1.93 bits per heavy atom. The van der Waals surface area contributed by atoms with Crippen molar-refractivity contribution in [1.82, 2.24) is 4.98 Å². The fourth-order valence-corrected chi connectivity index (χ4v) is 1.72. The fraction of sp³-hybridized carbons (Fsp3) is 0.250. The third kappa shape index (κ3) is 1.43. The maximum Gasteiger partial charge on any atom is 0.0709 e. The van der Waals surface area contributed by atoms with Crippen LogP contribution >= 0.6 is 0 Å². The number of nitrogens with zero attached hydrogens (tertiary/aromatic N) is 1. The summed E-state index contributed by atoms with van der Waals surface area (Å²) in [4.78, 5) is 4.48. The number of pyridine rings is 1. The van der Waals surface area contributed by atoms with Crippen molar-refractivity contribution in [2.75, 3.05) is 12.4 Å². The molecule has 0 atom stereocenters. The summed E-state index contributed by atoms with van der Waals surface area (Å²) < 4.78 is 0. The molecule has 0 aliphatic heterocycles.